The summed E-state index contributed by atoms with van der Waals surface area (Å²) in [6.45, 7) is 2.04. The molecule has 0 saturated carbocycles. The van der Waals surface area contributed by atoms with Gasteiger partial charge in [-0.05, 0) is 29.5 Å². The van der Waals surface area contributed by atoms with Crippen molar-refractivity contribution in [3.05, 3.63) is 55.4 Å². The summed E-state index contributed by atoms with van der Waals surface area (Å²) in [5.74, 6) is -0.506. The largest absolute Gasteiger partial charge is 0.374 e. The van der Waals surface area contributed by atoms with Crippen molar-refractivity contribution in [2.75, 3.05) is 5.32 Å². The van der Waals surface area contributed by atoms with Crippen LogP contribution in [0, 0.1) is 26.4 Å². The van der Waals surface area contributed by atoms with E-state index in [9.17, 15) is 14.5 Å². The number of aromatic nitrogens is 2. The Balaban J connectivity index is 2.22. The van der Waals surface area contributed by atoms with E-state index in [1.54, 1.807) is 35.0 Å². The molecule has 1 aromatic heterocycles. The molecule has 0 fully saturated rings. The van der Waals surface area contributed by atoms with Gasteiger partial charge in [0.2, 0.25) is 0 Å². The highest BCUT2D eigenvalue weighted by atomic mass is 127. The number of nitro benzene ring substituents is 1. The molecule has 0 aliphatic carbocycles. The molecule has 0 aliphatic heterocycles. The van der Waals surface area contributed by atoms with Gasteiger partial charge < -0.3 is 5.32 Å². The van der Waals surface area contributed by atoms with Crippen molar-refractivity contribution in [1.29, 1.82) is 0 Å². The lowest BCUT2D eigenvalue weighted by Gasteiger charge is -2.07. The average molecular weight is 388 g/mol. The second-order valence-electron chi connectivity index (χ2n) is 4.04. The number of hydrogen-bond donors (Lipinski definition) is 1. The zero-order valence-corrected chi connectivity index (χ0v) is 12.6. The van der Waals surface area contributed by atoms with Crippen LogP contribution >= 0.6 is 22.6 Å². The summed E-state index contributed by atoms with van der Waals surface area (Å²) < 4.78 is 13.7. The molecule has 8 heteroatoms. The fraction of sp³-hybridized carbons (Fsp3) is 0.167. The molecule has 6 nitrogen and oxygen atoms in total. The Labute approximate surface area is 127 Å². The van der Waals surface area contributed by atoms with Gasteiger partial charge in [0.05, 0.1) is 32.6 Å². The van der Waals surface area contributed by atoms with Crippen LogP contribution in [0.1, 0.15) is 11.4 Å². The molecule has 0 bridgehead atoms. The highest BCUT2D eigenvalue weighted by Crippen LogP contribution is 2.28. The van der Waals surface area contributed by atoms with Gasteiger partial charge in [0.25, 0.3) is 5.69 Å². The maximum Gasteiger partial charge on any atom is 0.293 e. The molecule has 1 aromatic carbocycles. The lowest BCUT2D eigenvalue weighted by Crippen LogP contribution is -2.06. The van der Waals surface area contributed by atoms with E-state index in [-0.39, 0.29) is 21.5 Å². The fourth-order valence-electron chi connectivity index (χ4n) is 1.53. The van der Waals surface area contributed by atoms with Crippen LogP contribution in [0.25, 0.3) is 0 Å². The van der Waals surface area contributed by atoms with Crippen LogP contribution in [0.4, 0.5) is 15.8 Å². The van der Waals surface area contributed by atoms with Crippen molar-refractivity contribution in [1.82, 2.24) is 9.97 Å². The van der Waals surface area contributed by atoms with Gasteiger partial charge in [-0.3, -0.25) is 20.1 Å². The SMILES string of the molecule is Cc1cnc(CNc2cc(F)c(I)cc2[N+](=O)[O-])cn1. The third-order valence-corrected chi connectivity index (χ3v) is 3.36. The highest BCUT2D eigenvalue weighted by Gasteiger charge is 2.17. The fourth-order valence-corrected chi connectivity index (χ4v) is 1.98. The number of anilines is 1. The van der Waals surface area contributed by atoms with Gasteiger partial charge >= 0.3 is 0 Å². The standard InChI is InChI=1S/C12H10FIN4O2/c1-7-4-16-8(5-15-7)6-17-11-2-9(13)10(14)3-12(11)18(19)20/h2-5,17H,6H2,1H3. The summed E-state index contributed by atoms with van der Waals surface area (Å²) in [5, 5.41) is 13.8. The molecule has 1 N–H and O–H groups in total. The minimum atomic E-state index is -0.551. The Hall–Kier alpha value is -1.84. The van der Waals surface area contributed by atoms with Gasteiger partial charge in [0, 0.05) is 18.3 Å². The molecule has 20 heavy (non-hydrogen) atoms. The van der Waals surface area contributed by atoms with Crippen molar-refractivity contribution in [3.8, 4) is 0 Å². The minimum Gasteiger partial charge on any atom is -0.374 e. The van der Waals surface area contributed by atoms with Gasteiger partial charge in [-0.15, -0.1) is 0 Å². The van der Waals surface area contributed by atoms with Gasteiger partial charge in [-0.25, -0.2) is 4.39 Å². The maximum atomic E-state index is 13.5. The summed E-state index contributed by atoms with van der Waals surface area (Å²) in [4.78, 5) is 18.6. The number of halogens is 2. The van der Waals surface area contributed by atoms with Gasteiger partial charge in [-0.1, -0.05) is 0 Å². The predicted molar refractivity (Wildman–Crippen MR) is 79.9 cm³/mol. The summed E-state index contributed by atoms with van der Waals surface area (Å²) in [5.41, 5.74) is 1.34. The Morgan fingerprint density at radius 3 is 2.75 bits per heavy atom. The van der Waals surface area contributed by atoms with Crippen molar-refractivity contribution >= 4 is 34.0 Å². The van der Waals surface area contributed by atoms with E-state index >= 15 is 0 Å². The molecule has 0 amide bonds. The van der Waals surface area contributed by atoms with Crippen molar-refractivity contribution in [3.63, 3.8) is 0 Å². The molecule has 1 heterocycles. The molecule has 0 unspecified atom stereocenters. The molecule has 0 spiro atoms. The normalized spacial score (nSPS) is 10.3. The van der Waals surface area contributed by atoms with Gasteiger partial charge in [0.1, 0.15) is 11.5 Å². The third kappa shape index (κ3) is 3.38. The van der Waals surface area contributed by atoms with E-state index in [0.29, 0.717) is 5.69 Å². The van der Waals surface area contributed by atoms with E-state index in [4.69, 9.17) is 0 Å². The molecule has 0 radical (unpaired) electrons. The van der Waals surface area contributed by atoms with Crippen LogP contribution < -0.4 is 5.32 Å². The van der Waals surface area contributed by atoms with Crippen molar-refractivity contribution < 1.29 is 9.31 Å². The van der Waals surface area contributed by atoms with Crippen LogP contribution in [0.2, 0.25) is 0 Å². The number of nitrogens with one attached hydrogen (secondary N) is 1. The molecule has 0 atom stereocenters. The number of aryl methyl sites for hydroxylation is 1. The highest BCUT2D eigenvalue weighted by molar-refractivity contribution is 14.1. The Morgan fingerprint density at radius 1 is 1.40 bits per heavy atom. The van der Waals surface area contributed by atoms with E-state index in [1.807, 2.05) is 6.92 Å². The Kier molecular flexibility index (Phi) is 4.42. The van der Waals surface area contributed by atoms with Crippen LogP contribution in [0.3, 0.4) is 0 Å². The van der Waals surface area contributed by atoms with Crippen LogP contribution in [-0.4, -0.2) is 14.9 Å². The summed E-state index contributed by atoms with van der Waals surface area (Å²) in [7, 11) is 0. The van der Waals surface area contributed by atoms with Crippen LogP contribution in [0.5, 0.6) is 0 Å². The summed E-state index contributed by atoms with van der Waals surface area (Å²) in [6.07, 6.45) is 3.16. The predicted octanol–water partition coefficient (Wildman–Crippen LogP) is 3.05. The van der Waals surface area contributed by atoms with Crippen molar-refractivity contribution in [2.45, 2.75) is 13.5 Å². The van der Waals surface area contributed by atoms with Crippen molar-refractivity contribution in [2.24, 2.45) is 0 Å². The molecular formula is C12H10FIN4O2. The number of nitro groups is 1. The molecule has 2 aromatic rings. The third-order valence-electron chi connectivity index (χ3n) is 2.53. The number of hydrogen-bond acceptors (Lipinski definition) is 5. The topological polar surface area (TPSA) is 81.0 Å². The minimum absolute atomic E-state index is 0.121. The van der Waals surface area contributed by atoms with Gasteiger partial charge in [0.15, 0.2) is 0 Å². The molecular weight excluding hydrogens is 378 g/mol. The van der Waals surface area contributed by atoms with Crippen LogP contribution in [0.15, 0.2) is 24.5 Å². The van der Waals surface area contributed by atoms with E-state index in [2.05, 4.69) is 15.3 Å². The Bertz CT molecular complexity index is 649. The first-order chi connectivity index (χ1) is 9.47. The van der Waals surface area contributed by atoms with E-state index < -0.39 is 10.7 Å². The van der Waals surface area contributed by atoms with Gasteiger partial charge in [-0.2, -0.15) is 0 Å². The molecule has 0 aliphatic rings. The lowest BCUT2D eigenvalue weighted by molar-refractivity contribution is -0.384. The number of rotatable bonds is 4. The second kappa shape index (κ2) is 6.07. The molecule has 104 valence electrons. The maximum absolute atomic E-state index is 13.5. The summed E-state index contributed by atoms with van der Waals surface area (Å²) in [6, 6.07) is 2.31. The molecule has 0 saturated heterocycles. The number of benzene rings is 1. The van der Waals surface area contributed by atoms with E-state index in [0.717, 1.165) is 11.8 Å². The summed E-state index contributed by atoms with van der Waals surface area (Å²) >= 11 is 1.71. The average Bonchev–Trinajstić information content (AvgIpc) is 2.41. The first kappa shape index (κ1) is 14.6. The Morgan fingerprint density at radius 2 is 2.15 bits per heavy atom. The zero-order chi connectivity index (χ0) is 14.7. The second-order valence-corrected chi connectivity index (χ2v) is 5.21. The molecule has 2 rings (SSSR count). The quantitative estimate of drug-likeness (QED) is 0.495. The zero-order valence-electron chi connectivity index (χ0n) is 10.4. The first-order valence-corrected chi connectivity index (χ1v) is 6.70. The van der Waals surface area contributed by atoms with Crippen LogP contribution in [-0.2, 0) is 6.54 Å². The number of nitrogens with zero attached hydrogens (tertiary/aromatic N) is 3. The first-order valence-electron chi connectivity index (χ1n) is 5.62. The smallest absolute Gasteiger partial charge is 0.293 e. The monoisotopic (exact) mass is 388 g/mol. The lowest BCUT2D eigenvalue weighted by atomic mass is 10.2. The van der Waals surface area contributed by atoms with E-state index in [1.165, 1.54) is 6.07 Å².